The minimum atomic E-state index is -0.767. The fraction of sp³-hybridized carbons (Fsp3) is 0.435. The van der Waals surface area contributed by atoms with Gasteiger partial charge in [0.25, 0.3) is 0 Å². The van der Waals surface area contributed by atoms with E-state index in [4.69, 9.17) is 4.74 Å². The Labute approximate surface area is 190 Å². The highest BCUT2D eigenvalue weighted by Crippen LogP contribution is 2.36. The number of aromatic nitrogens is 3. The van der Waals surface area contributed by atoms with Gasteiger partial charge in [-0.05, 0) is 38.6 Å². The SMILES string of the molecule is C[C@@H]1CNCCN1c1nc(OC2CCN(C)C2)nc2nc(-c3c(O)cccc3F)c(F)cc12. The number of fused-ring (bicyclic) bond motifs is 1. The summed E-state index contributed by atoms with van der Waals surface area (Å²) in [7, 11) is 2.02. The number of likely N-dealkylation sites (tertiary alicyclic amines) is 1. The summed E-state index contributed by atoms with van der Waals surface area (Å²) in [6.45, 7) is 5.92. The van der Waals surface area contributed by atoms with E-state index >= 15 is 4.39 Å². The Balaban J connectivity index is 1.66. The molecule has 174 valence electrons. The van der Waals surface area contributed by atoms with Crippen LogP contribution in [0.15, 0.2) is 24.3 Å². The minimum Gasteiger partial charge on any atom is -0.507 e. The van der Waals surface area contributed by atoms with E-state index in [0.717, 1.165) is 38.7 Å². The third kappa shape index (κ3) is 4.16. The molecule has 0 bridgehead atoms. The maximum atomic E-state index is 15.2. The molecule has 2 aliphatic heterocycles. The molecular weight excluding hydrogens is 430 g/mol. The lowest BCUT2D eigenvalue weighted by atomic mass is 10.1. The Morgan fingerprint density at radius 1 is 1.15 bits per heavy atom. The molecular formula is C23H26F2N6O2. The van der Waals surface area contributed by atoms with E-state index < -0.39 is 17.4 Å². The summed E-state index contributed by atoms with van der Waals surface area (Å²) >= 11 is 0. The van der Waals surface area contributed by atoms with Crippen molar-refractivity contribution in [2.75, 3.05) is 44.7 Å². The molecule has 2 N–H and O–H groups in total. The molecule has 2 aromatic heterocycles. The number of nitrogens with zero attached hydrogens (tertiary/aromatic N) is 5. The van der Waals surface area contributed by atoms with Crippen LogP contribution in [0, 0.1) is 11.6 Å². The monoisotopic (exact) mass is 456 g/mol. The van der Waals surface area contributed by atoms with Gasteiger partial charge in [-0.2, -0.15) is 9.97 Å². The highest BCUT2D eigenvalue weighted by Gasteiger charge is 2.27. The molecule has 0 saturated carbocycles. The lowest BCUT2D eigenvalue weighted by Crippen LogP contribution is -2.50. The van der Waals surface area contributed by atoms with Crippen LogP contribution >= 0.6 is 0 Å². The standard InChI is InChI=1S/C23H26F2N6O2/c1-13-11-26-7-9-31(13)22-15-10-17(25)20(19-16(24)4-3-5-18(19)32)27-21(15)28-23(29-22)33-14-6-8-30(2)12-14/h3-5,10,13-14,26,32H,6-9,11-12H2,1-2H3/t13-,14?/m1/s1. The third-order valence-corrected chi connectivity index (χ3v) is 6.22. The maximum absolute atomic E-state index is 15.2. The molecule has 0 radical (unpaired) electrons. The van der Waals surface area contributed by atoms with Crippen LogP contribution in [0.1, 0.15) is 13.3 Å². The van der Waals surface area contributed by atoms with Crippen molar-refractivity contribution in [2.45, 2.75) is 25.5 Å². The zero-order valence-electron chi connectivity index (χ0n) is 18.6. The van der Waals surface area contributed by atoms with Crippen molar-refractivity contribution in [3.05, 3.63) is 35.9 Å². The number of ether oxygens (including phenoxy) is 1. The molecule has 33 heavy (non-hydrogen) atoms. The normalized spacial score (nSPS) is 21.6. The number of anilines is 1. The van der Waals surface area contributed by atoms with Gasteiger partial charge in [-0.3, -0.25) is 0 Å². The Bertz CT molecular complexity index is 1170. The molecule has 0 amide bonds. The molecule has 5 rings (SSSR count). The van der Waals surface area contributed by atoms with E-state index in [2.05, 4.69) is 37.0 Å². The summed E-state index contributed by atoms with van der Waals surface area (Å²) in [6.07, 6.45) is 0.791. The number of aromatic hydroxyl groups is 1. The van der Waals surface area contributed by atoms with Crippen LogP contribution < -0.4 is 15.0 Å². The van der Waals surface area contributed by atoms with Gasteiger partial charge in [-0.25, -0.2) is 13.8 Å². The first kappa shape index (κ1) is 21.7. The lowest BCUT2D eigenvalue weighted by molar-refractivity contribution is 0.192. The Hall–Kier alpha value is -3.11. The third-order valence-electron chi connectivity index (χ3n) is 6.22. The topological polar surface area (TPSA) is 86.6 Å². The number of nitrogens with one attached hydrogen (secondary N) is 1. The fourth-order valence-electron chi connectivity index (χ4n) is 4.49. The van der Waals surface area contributed by atoms with E-state index in [1.54, 1.807) is 0 Å². The van der Waals surface area contributed by atoms with E-state index in [1.807, 2.05) is 7.05 Å². The van der Waals surface area contributed by atoms with Gasteiger partial charge < -0.3 is 25.0 Å². The van der Waals surface area contributed by atoms with Crippen LogP contribution in [0.5, 0.6) is 11.8 Å². The van der Waals surface area contributed by atoms with Gasteiger partial charge in [0.2, 0.25) is 0 Å². The van der Waals surface area contributed by atoms with Crippen molar-refractivity contribution in [3.63, 3.8) is 0 Å². The molecule has 1 aromatic carbocycles. The molecule has 2 saturated heterocycles. The number of phenolic OH excluding ortho intramolecular Hbond substituents is 1. The summed E-state index contributed by atoms with van der Waals surface area (Å²) in [4.78, 5) is 17.7. The number of likely N-dealkylation sites (N-methyl/N-ethyl adjacent to an activating group) is 1. The Morgan fingerprint density at radius 3 is 2.73 bits per heavy atom. The number of piperazine rings is 1. The number of halogens is 2. The predicted octanol–water partition coefficient (Wildman–Crippen LogP) is 2.56. The summed E-state index contributed by atoms with van der Waals surface area (Å²) in [5.74, 6) is -1.39. The molecule has 3 aromatic rings. The molecule has 2 aliphatic rings. The maximum Gasteiger partial charge on any atom is 0.320 e. The van der Waals surface area contributed by atoms with Gasteiger partial charge in [-0.15, -0.1) is 0 Å². The smallest absolute Gasteiger partial charge is 0.320 e. The summed E-state index contributed by atoms with van der Waals surface area (Å²) in [5.41, 5.74) is -0.415. The van der Waals surface area contributed by atoms with Crippen LogP contribution in [-0.2, 0) is 0 Å². The first-order valence-corrected chi connectivity index (χ1v) is 11.1. The fourth-order valence-corrected chi connectivity index (χ4v) is 4.49. The van der Waals surface area contributed by atoms with E-state index in [-0.39, 0.29) is 35.1 Å². The number of rotatable bonds is 4. The molecule has 2 atom stereocenters. The Kier molecular flexibility index (Phi) is 5.71. The average Bonchev–Trinajstić information content (AvgIpc) is 3.18. The molecule has 10 heteroatoms. The predicted molar refractivity (Wildman–Crippen MR) is 121 cm³/mol. The van der Waals surface area contributed by atoms with Gasteiger partial charge in [0.1, 0.15) is 29.2 Å². The first-order valence-electron chi connectivity index (χ1n) is 11.1. The molecule has 0 aliphatic carbocycles. The Morgan fingerprint density at radius 2 is 2.00 bits per heavy atom. The van der Waals surface area contributed by atoms with E-state index in [0.29, 0.717) is 17.7 Å². The van der Waals surface area contributed by atoms with Gasteiger partial charge in [0.15, 0.2) is 11.5 Å². The van der Waals surface area contributed by atoms with Gasteiger partial charge in [-0.1, -0.05) is 6.07 Å². The van der Waals surface area contributed by atoms with Crippen molar-refractivity contribution in [3.8, 4) is 23.0 Å². The van der Waals surface area contributed by atoms with Crippen LogP contribution in [0.4, 0.5) is 14.6 Å². The second kappa shape index (κ2) is 8.68. The van der Waals surface area contributed by atoms with Crippen molar-refractivity contribution in [1.29, 1.82) is 0 Å². The number of hydrogen-bond donors (Lipinski definition) is 2. The summed E-state index contributed by atoms with van der Waals surface area (Å²) < 4.78 is 35.8. The number of phenols is 1. The quantitative estimate of drug-likeness (QED) is 0.620. The molecule has 0 spiro atoms. The number of pyridine rings is 1. The average molecular weight is 456 g/mol. The molecule has 1 unspecified atom stereocenters. The van der Waals surface area contributed by atoms with Crippen molar-refractivity contribution in [1.82, 2.24) is 25.2 Å². The zero-order chi connectivity index (χ0) is 23.1. The van der Waals surface area contributed by atoms with Crippen LogP contribution in [0.2, 0.25) is 0 Å². The first-order chi connectivity index (χ1) is 15.9. The summed E-state index contributed by atoms with van der Waals surface area (Å²) in [5, 5.41) is 13.9. The van der Waals surface area contributed by atoms with E-state index in [9.17, 15) is 9.50 Å². The van der Waals surface area contributed by atoms with Gasteiger partial charge >= 0.3 is 6.01 Å². The molecule has 4 heterocycles. The number of hydrogen-bond acceptors (Lipinski definition) is 8. The lowest BCUT2D eigenvalue weighted by Gasteiger charge is -2.35. The van der Waals surface area contributed by atoms with E-state index in [1.165, 1.54) is 18.2 Å². The molecule has 2 fully saturated rings. The highest BCUT2D eigenvalue weighted by molar-refractivity contribution is 5.90. The summed E-state index contributed by atoms with van der Waals surface area (Å²) in [6, 6.07) is 5.33. The van der Waals surface area contributed by atoms with Gasteiger partial charge in [0.05, 0.1) is 10.9 Å². The van der Waals surface area contributed by atoms with Crippen molar-refractivity contribution < 1.29 is 18.6 Å². The number of benzene rings is 1. The second-order valence-corrected chi connectivity index (χ2v) is 8.69. The largest absolute Gasteiger partial charge is 0.507 e. The van der Waals surface area contributed by atoms with Crippen LogP contribution in [-0.4, -0.2) is 76.9 Å². The van der Waals surface area contributed by atoms with Crippen LogP contribution in [0.3, 0.4) is 0 Å². The molecule has 8 nitrogen and oxygen atoms in total. The highest BCUT2D eigenvalue weighted by atomic mass is 19.1. The zero-order valence-corrected chi connectivity index (χ0v) is 18.6. The second-order valence-electron chi connectivity index (χ2n) is 8.69. The van der Waals surface area contributed by atoms with Crippen molar-refractivity contribution in [2.24, 2.45) is 0 Å². The van der Waals surface area contributed by atoms with Crippen LogP contribution in [0.25, 0.3) is 22.3 Å². The van der Waals surface area contributed by atoms with Gasteiger partial charge in [0, 0.05) is 38.8 Å². The minimum absolute atomic E-state index is 0.0590. The van der Waals surface area contributed by atoms with Crippen molar-refractivity contribution >= 4 is 16.9 Å².